The SMILES string of the molecule is c1ccc(NCC2CCN(c3nc(N4CCOCC4)cc4ncccc34)CC2)nc1. The third-order valence-corrected chi connectivity index (χ3v) is 6.05. The molecule has 0 amide bonds. The van der Waals surface area contributed by atoms with E-state index in [4.69, 9.17) is 9.72 Å². The first-order valence-electron chi connectivity index (χ1n) is 10.8. The van der Waals surface area contributed by atoms with E-state index in [1.807, 2.05) is 36.7 Å². The number of piperidine rings is 1. The molecule has 5 heterocycles. The zero-order valence-electron chi connectivity index (χ0n) is 17.2. The molecule has 5 rings (SSSR count). The van der Waals surface area contributed by atoms with E-state index >= 15 is 0 Å². The van der Waals surface area contributed by atoms with E-state index in [9.17, 15) is 0 Å². The van der Waals surface area contributed by atoms with Crippen LogP contribution in [0.4, 0.5) is 17.5 Å². The second-order valence-electron chi connectivity index (χ2n) is 8.00. The van der Waals surface area contributed by atoms with Gasteiger partial charge in [0.2, 0.25) is 0 Å². The highest BCUT2D eigenvalue weighted by Crippen LogP contribution is 2.31. The molecule has 2 fully saturated rings. The summed E-state index contributed by atoms with van der Waals surface area (Å²) in [5.41, 5.74) is 1.02. The Hall–Kier alpha value is -2.93. The van der Waals surface area contributed by atoms with Crippen molar-refractivity contribution in [3.63, 3.8) is 0 Å². The van der Waals surface area contributed by atoms with E-state index < -0.39 is 0 Å². The fourth-order valence-electron chi connectivity index (χ4n) is 4.31. The van der Waals surface area contributed by atoms with Crippen LogP contribution in [-0.4, -0.2) is 60.9 Å². The Morgan fingerprint density at radius 3 is 2.57 bits per heavy atom. The number of ether oxygens (including phenoxy) is 1. The first-order chi connectivity index (χ1) is 14.9. The van der Waals surface area contributed by atoms with E-state index in [1.165, 1.54) is 0 Å². The molecule has 7 heteroatoms. The third kappa shape index (κ3) is 4.16. The minimum atomic E-state index is 0.648. The van der Waals surface area contributed by atoms with E-state index in [1.54, 1.807) is 0 Å². The fraction of sp³-hybridized carbons (Fsp3) is 0.435. The Bertz CT molecular complexity index is 968. The van der Waals surface area contributed by atoms with Gasteiger partial charge in [-0.2, -0.15) is 0 Å². The standard InChI is InChI=1S/C23H28N6O/c1-2-8-25-21(5-1)26-17-18-6-10-29(11-7-18)23-19-4-3-9-24-20(19)16-22(27-23)28-12-14-30-15-13-28/h1-5,8-9,16,18H,6-7,10-15,17H2,(H,25,26). The number of anilines is 3. The van der Waals surface area contributed by atoms with Gasteiger partial charge in [-0.25, -0.2) is 9.97 Å². The number of pyridine rings is 3. The first-order valence-corrected chi connectivity index (χ1v) is 10.8. The Morgan fingerprint density at radius 1 is 0.933 bits per heavy atom. The monoisotopic (exact) mass is 404 g/mol. The number of morpholine rings is 1. The van der Waals surface area contributed by atoms with Gasteiger partial charge in [0.25, 0.3) is 0 Å². The van der Waals surface area contributed by atoms with Crippen molar-refractivity contribution in [1.82, 2.24) is 15.0 Å². The molecule has 3 aromatic rings. The third-order valence-electron chi connectivity index (χ3n) is 6.05. The number of fused-ring (bicyclic) bond motifs is 1. The molecular formula is C23H28N6O. The van der Waals surface area contributed by atoms with Crippen molar-refractivity contribution in [2.75, 3.05) is 61.1 Å². The molecule has 0 unspecified atom stereocenters. The van der Waals surface area contributed by atoms with Gasteiger partial charge in [0.15, 0.2) is 0 Å². The maximum absolute atomic E-state index is 5.52. The summed E-state index contributed by atoms with van der Waals surface area (Å²) in [6.07, 6.45) is 5.98. The van der Waals surface area contributed by atoms with E-state index in [-0.39, 0.29) is 0 Å². The molecule has 2 aliphatic heterocycles. The minimum Gasteiger partial charge on any atom is -0.378 e. The largest absolute Gasteiger partial charge is 0.378 e. The summed E-state index contributed by atoms with van der Waals surface area (Å²) >= 11 is 0. The van der Waals surface area contributed by atoms with E-state index in [0.717, 1.165) is 87.1 Å². The number of rotatable bonds is 5. The van der Waals surface area contributed by atoms with Crippen LogP contribution in [0.15, 0.2) is 48.8 Å². The molecule has 3 aromatic heterocycles. The smallest absolute Gasteiger partial charge is 0.140 e. The van der Waals surface area contributed by atoms with Crippen molar-refractivity contribution in [1.29, 1.82) is 0 Å². The minimum absolute atomic E-state index is 0.648. The van der Waals surface area contributed by atoms with Crippen LogP contribution in [0.3, 0.4) is 0 Å². The lowest BCUT2D eigenvalue weighted by Gasteiger charge is -2.35. The lowest BCUT2D eigenvalue weighted by molar-refractivity contribution is 0.122. The van der Waals surface area contributed by atoms with Gasteiger partial charge < -0.3 is 19.9 Å². The lowest BCUT2D eigenvalue weighted by atomic mass is 9.96. The molecule has 0 saturated carbocycles. The molecule has 0 radical (unpaired) electrons. The summed E-state index contributed by atoms with van der Waals surface area (Å²) in [6.45, 7) is 6.26. The molecule has 156 valence electrons. The summed E-state index contributed by atoms with van der Waals surface area (Å²) in [7, 11) is 0. The van der Waals surface area contributed by atoms with Crippen molar-refractivity contribution >= 4 is 28.4 Å². The zero-order valence-corrected chi connectivity index (χ0v) is 17.2. The molecule has 0 aromatic carbocycles. The number of nitrogens with one attached hydrogen (secondary N) is 1. The molecule has 0 spiro atoms. The van der Waals surface area contributed by atoms with Crippen molar-refractivity contribution in [2.45, 2.75) is 12.8 Å². The Morgan fingerprint density at radius 2 is 1.77 bits per heavy atom. The van der Waals surface area contributed by atoms with Crippen LogP contribution < -0.4 is 15.1 Å². The fourth-order valence-corrected chi connectivity index (χ4v) is 4.31. The van der Waals surface area contributed by atoms with Gasteiger partial charge in [0.1, 0.15) is 17.5 Å². The molecule has 7 nitrogen and oxygen atoms in total. The van der Waals surface area contributed by atoms with E-state index in [2.05, 4.69) is 37.2 Å². The van der Waals surface area contributed by atoms with Gasteiger partial charge in [-0.3, -0.25) is 4.98 Å². The number of aromatic nitrogens is 3. The number of nitrogens with zero attached hydrogens (tertiary/aromatic N) is 5. The average Bonchev–Trinajstić information content (AvgIpc) is 2.83. The maximum Gasteiger partial charge on any atom is 0.140 e. The second-order valence-corrected chi connectivity index (χ2v) is 8.00. The van der Waals surface area contributed by atoms with Crippen molar-refractivity contribution in [3.05, 3.63) is 48.8 Å². The van der Waals surface area contributed by atoms with Crippen LogP contribution in [0.1, 0.15) is 12.8 Å². The van der Waals surface area contributed by atoms with Gasteiger partial charge in [-0.05, 0) is 43.0 Å². The molecular weight excluding hydrogens is 376 g/mol. The Kier molecular flexibility index (Phi) is 5.61. The van der Waals surface area contributed by atoms with Gasteiger partial charge in [0, 0.05) is 56.6 Å². The van der Waals surface area contributed by atoms with Crippen LogP contribution in [0.2, 0.25) is 0 Å². The highest BCUT2D eigenvalue weighted by Gasteiger charge is 2.23. The molecule has 0 bridgehead atoms. The van der Waals surface area contributed by atoms with Gasteiger partial charge in [0.05, 0.1) is 18.7 Å². The molecule has 0 atom stereocenters. The Labute approximate surface area is 177 Å². The highest BCUT2D eigenvalue weighted by molar-refractivity contribution is 5.91. The first kappa shape index (κ1) is 19.1. The summed E-state index contributed by atoms with van der Waals surface area (Å²) < 4.78 is 5.52. The van der Waals surface area contributed by atoms with Crippen molar-refractivity contribution < 1.29 is 4.74 Å². The molecule has 30 heavy (non-hydrogen) atoms. The molecule has 0 aliphatic carbocycles. The number of hydrogen-bond acceptors (Lipinski definition) is 7. The predicted octanol–water partition coefficient (Wildman–Crippen LogP) is 3.19. The second kappa shape index (κ2) is 8.83. The quantitative estimate of drug-likeness (QED) is 0.700. The van der Waals surface area contributed by atoms with Crippen LogP contribution in [0, 0.1) is 5.92 Å². The topological polar surface area (TPSA) is 66.4 Å². The lowest BCUT2D eigenvalue weighted by Crippen LogP contribution is -2.38. The van der Waals surface area contributed by atoms with Gasteiger partial charge in [-0.15, -0.1) is 0 Å². The maximum atomic E-state index is 5.52. The predicted molar refractivity (Wildman–Crippen MR) is 120 cm³/mol. The number of hydrogen-bond donors (Lipinski definition) is 1. The summed E-state index contributed by atoms with van der Waals surface area (Å²) in [6, 6.07) is 12.3. The van der Waals surface area contributed by atoms with Gasteiger partial charge in [-0.1, -0.05) is 6.07 Å². The summed E-state index contributed by atoms with van der Waals surface area (Å²) in [5, 5.41) is 4.62. The average molecular weight is 405 g/mol. The van der Waals surface area contributed by atoms with E-state index in [0.29, 0.717) is 5.92 Å². The normalized spacial score (nSPS) is 18.0. The van der Waals surface area contributed by atoms with Crippen LogP contribution >= 0.6 is 0 Å². The van der Waals surface area contributed by atoms with Crippen LogP contribution in [-0.2, 0) is 4.74 Å². The molecule has 1 N–H and O–H groups in total. The molecule has 2 saturated heterocycles. The zero-order chi connectivity index (χ0) is 20.2. The highest BCUT2D eigenvalue weighted by atomic mass is 16.5. The van der Waals surface area contributed by atoms with Crippen LogP contribution in [0.25, 0.3) is 10.9 Å². The summed E-state index contributed by atoms with van der Waals surface area (Å²) in [4.78, 5) is 18.8. The Balaban J connectivity index is 1.31. The van der Waals surface area contributed by atoms with Crippen molar-refractivity contribution in [2.24, 2.45) is 5.92 Å². The molecule has 2 aliphatic rings. The van der Waals surface area contributed by atoms with Gasteiger partial charge >= 0.3 is 0 Å². The van der Waals surface area contributed by atoms with Crippen molar-refractivity contribution in [3.8, 4) is 0 Å². The van der Waals surface area contributed by atoms with Crippen LogP contribution in [0.5, 0.6) is 0 Å². The summed E-state index contributed by atoms with van der Waals surface area (Å²) in [5.74, 6) is 3.68.